The third-order valence-corrected chi connectivity index (χ3v) is 4.05. The van der Waals surface area contributed by atoms with E-state index in [4.69, 9.17) is 4.74 Å². The molecule has 1 heterocycles. The van der Waals surface area contributed by atoms with Crippen LogP contribution in [0.25, 0.3) is 0 Å². The molecule has 0 saturated heterocycles. The summed E-state index contributed by atoms with van der Waals surface area (Å²) in [6, 6.07) is 12.1. The molecule has 3 nitrogen and oxygen atoms in total. The number of benzene rings is 1. The zero-order valence-corrected chi connectivity index (χ0v) is 14.0. The highest BCUT2D eigenvalue weighted by Crippen LogP contribution is 2.14. The lowest BCUT2D eigenvalue weighted by molar-refractivity contribution is -0.120. The first-order valence-corrected chi connectivity index (χ1v) is 8.56. The van der Waals surface area contributed by atoms with Crippen LogP contribution in [-0.4, -0.2) is 18.6 Å². The lowest BCUT2D eigenvalue weighted by atomic mass is 10.1. The molecule has 0 saturated carbocycles. The first-order valence-electron chi connectivity index (χ1n) is 7.68. The monoisotopic (exact) mass is 317 g/mol. The number of carbonyl (C=O) groups is 1. The van der Waals surface area contributed by atoms with E-state index in [1.54, 1.807) is 11.3 Å². The molecule has 22 heavy (non-hydrogen) atoms. The molecule has 0 fully saturated rings. The summed E-state index contributed by atoms with van der Waals surface area (Å²) in [4.78, 5) is 12.9. The van der Waals surface area contributed by atoms with Crippen molar-refractivity contribution >= 4 is 17.2 Å². The molecular weight excluding hydrogens is 294 g/mol. The summed E-state index contributed by atoms with van der Waals surface area (Å²) < 4.78 is 5.62. The summed E-state index contributed by atoms with van der Waals surface area (Å²) in [6.45, 7) is 4.76. The van der Waals surface area contributed by atoms with Crippen molar-refractivity contribution in [2.45, 2.75) is 39.2 Å². The van der Waals surface area contributed by atoms with Gasteiger partial charge in [-0.25, -0.2) is 0 Å². The summed E-state index contributed by atoms with van der Waals surface area (Å²) in [5, 5.41) is 4.97. The van der Waals surface area contributed by atoms with Crippen LogP contribution in [0.15, 0.2) is 41.8 Å². The van der Waals surface area contributed by atoms with Gasteiger partial charge in [-0.3, -0.25) is 4.79 Å². The van der Waals surface area contributed by atoms with Crippen LogP contribution in [0.2, 0.25) is 0 Å². The lowest BCUT2D eigenvalue weighted by Gasteiger charge is -2.10. The highest BCUT2D eigenvalue weighted by Gasteiger charge is 2.03. The lowest BCUT2D eigenvalue weighted by Crippen LogP contribution is -2.26. The number of hydrogen-bond donors (Lipinski definition) is 1. The van der Waals surface area contributed by atoms with E-state index in [1.165, 1.54) is 5.56 Å². The molecule has 0 aliphatic heterocycles. The summed E-state index contributed by atoms with van der Waals surface area (Å²) in [5.74, 6) is 1.01. The Morgan fingerprint density at radius 2 is 2.00 bits per heavy atom. The zero-order chi connectivity index (χ0) is 15.8. The molecule has 1 aromatic carbocycles. The molecular formula is C18H23NO2S. The molecule has 0 radical (unpaired) electrons. The van der Waals surface area contributed by atoms with Gasteiger partial charge in [-0.05, 0) is 55.8 Å². The second-order valence-corrected chi connectivity index (χ2v) is 6.55. The van der Waals surface area contributed by atoms with Crippen molar-refractivity contribution < 1.29 is 9.53 Å². The van der Waals surface area contributed by atoms with Crippen LogP contribution in [0.1, 0.15) is 30.7 Å². The molecule has 2 aromatic rings. The minimum atomic E-state index is 0.100. The van der Waals surface area contributed by atoms with Gasteiger partial charge in [-0.15, -0.1) is 11.3 Å². The maximum atomic E-state index is 11.7. The Kier molecular flexibility index (Phi) is 6.46. The third kappa shape index (κ3) is 5.90. The van der Waals surface area contributed by atoms with Gasteiger partial charge in [-0.1, -0.05) is 18.2 Å². The molecule has 2 rings (SSSR count). The third-order valence-electron chi connectivity index (χ3n) is 3.17. The maximum absolute atomic E-state index is 11.7. The predicted octanol–water partition coefficient (Wildman–Crippen LogP) is 3.83. The van der Waals surface area contributed by atoms with Crippen molar-refractivity contribution in [1.29, 1.82) is 0 Å². The number of nitrogens with one attached hydrogen (secondary N) is 1. The molecule has 1 aromatic heterocycles. The van der Waals surface area contributed by atoms with Gasteiger partial charge in [0.25, 0.3) is 0 Å². The molecule has 118 valence electrons. The maximum Gasteiger partial charge on any atom is 0.225 e. The van der Waals surface area contributed by atoms with Crippen LogP contribution < -0.4 is 10.1 Å². The Bertz CT molecular complexity index is 561. The van der Waals surface area contributed by atoms with Crippen LogP contribution >= 0.6 is 11.3 Å². The highest BCUT2D eigenvalue weighted by atomic mass is 32.1. The van der Waals surface area contributed by atoms with Crippen LogP contribution in [0, 0.1) is 0 Å². The molecule has 0 bridgehead atoms. The second kappa shape index (κ2) is 8.59. The van der Waals surface area contributed by atoms with E-state index in [0.717, 1.165) is 23.5 Å². The smallest absolute Gasteiger partial charge is 0.225 e. The minimum absolute atomic E-state index is 0.100. The van der Waals surface area contributed by atoms with E-state index in [0.29, 0.717) is 13.0 Å². The Balaban J connectivity index is 1.64. The number of aryl methyl sites for hydroxylation is 1. The summed E-state index contributed by atoms with van der Waals surface area (Å²) in [5.41, 5.74) is 1.27. The van der Waals surface area contributed by atoms with Crippen molar-refractivity contribution in [3.63, 3.8) is 0 Å². The van der Waals surface area contributed by atoms with Crippen LogP contribution in [0.3, 0.4) is 0 Å². The van der Waals surface area contributed by atoms with E-state index in [-0.39, 0.29) is 12.0 Å². The molecule has 0 aliphatic rings. The predicted molar refractivity (Wildman–Crippen MR) is 91.6 cm³/mol. The van der Waals surface area contributed by atoms with E-state index < -0.39 is 0 Å². The van der Waals surface area contributed by atoms with E-state index in [2.05, 4.69) is 17.4 Å². The summed E-state index contributed by atoms with van der Waals surface area (Å²) >= 11 is 1.62. The Labute approximate surface area is 136 Å². The topological polar surface area (TPSA) is 38.3 Å². The van der Waals surface area contributed by atoms with E-state index in [1.807, 2.05) is 43.5 Å². The van der Waals surface area contributed by atoms with Crippen molar-refractivity contribution in [3.8, 4) is 5.75 Å². The van der Waals surface area contributed by atoms with Gasteiger partial charge in [0.2, 0.25) is 5.91 Å². The Hall–Kier alpha value is -1.81. The molecule has 0 spiro atoms. The summed E-state index contributed by atoms with van der Waals surface area (Å²) in [7, 11) is 0. The van der Waals surface area contributed by atoms with Gasteiger partial charge in [0.05, 0.1) is 12.5 Å². The van der Waals surface area contributed by atoms with Gasteiger partial charge < -0.3 is 10.1 Å². The highest BCUT2D eigenvalue weighted by molar-refractivity contribution is 7.10. The van der Waals surface area contributed by atoms with Crippen molar-refractivity contribution in [1.82, 2.24) is 5.32 Å². The minimum Gasteiger partial charge on any atom is -0.491 e. The second-order valence-electron chi connectivity index (χ2n) is 5.52. The molecule has 0 atom stereocenters. The van der Waals surface area contributed by atoms with Gasteiger partial charge in [0.1, 0.15) is 5.75 Å². The van der Waals surface area contributed by atoms with Crippen molar-refractivity contribution in [3.05, 3.63) is 52.2 Å². The number of thiophene rings is 1. The number of rotatable bonds is 8. The van der Waals surface area contributed by atoms with Gasteiger partial charge in [-0.2, -0.15) is 0 Å². The fourth-order valence-electron chi connectivity index (χ4n) is 2.16. The fraction of sp³-hybridized carbons (Fsp3) is 0.389. The first kappa shape index (κ1) is 16.6. The Morgan fingerprint density at radius 1 is 1.23 bits per heavy atom. The quantitative estimate of drug-likeness (QED) is 0.752. The molecule has 1 N–H and O–H groups in total. The van der Waals surface area contributed by atoms with E-state index >= 15 is 0 Å². The summed E-state index contributed by atoms with van der Waals surface area (Å²) in [6.07, 6.45) is 2.59. The van der Waals surface area contributed by atoms with Crippen LogP contribution in [0.5, 0.6) is 5.75 Å². The Morgan fingerprint density at radius 3 is 2.64 bits per heavy atom. The zero-order valence-electron chi connectivity index (χ0n) is 13.2. The largest absolute Gasteiger partial charge is 0.491 e. The van der Waals surface area contributed by atoms with E-state index in [9.17, 15) is 4.79 Å². The normalized spacial score (nSPS) is 10.7. The van der Waals surface area contributed by atoms with Crippen LogP contribution in [0.4, 0.5) is 0 Å². The molecule has 0 unspecified atom stereocenters. The molecule has 4 heteroatoms. The average Bonchev–Trinajstić information content (AvgIpc) is 2.97. The number of hydrogen-bond acceptors (Lipinski definition) is 3. The standard InChI is InChI=1S/C18H23NO2S/c1-14(2)21-16-9-7-15(8-10-16)5-3-11-19-18(20)13-17-6-4-12-22-17/h4,6-10,12,14H,3,5,11,13H2,1-2H3,(H,19,20). The first-order chi connectivity index (χ1) is 10.6. The van der Waals surface area contributed by atoms with Crippen LogP contribution in [-0.2, 0) is 17.6 Å². The van der Waals surface area contributed by atoms with Crippen molar-refractivity contribution in [2.24, 2.45) is 0 Å². The number of carbonyl (C=O) groups excluding carboxylic acids is 1. The molecule has 1 amide bonds. The van der Waals surface area contributed by atoms with Gasteiger partial charge >= 0.3 is 0 Å². The van der Waals surface area contributed by atoms with Gasteiger partial charge in [0.15, 0.2) is 0 Å². The molecule has 0 aliphatic carbocycles. The van der Waals surface area contributed by atoms with Crippen molar-refractivity contribution in [2.75, 3.05) is 6.54 Å². The van der Waals surface area contributed by atoms with Gasteiger partial charge in [0, 0.05) is 11.4 Å². The average molecular weight is 317 g/mol. The SMILES string of the molecule is CC(C)Oc1ccc(CCCNC(=O)Cc2cccs2)cc1. The fourth-order valence-corrected chi connectivity index (χ4v) is 2.86. The number of amides is 1. The number of ether oxygens (including phenoxy) is 1.